The van der Waals surface area contributed by atoms with Crippen molar-refractivity contribution in [3.05, 3.63) is 113 Å². The third kappa shape index (κ3) is 5.02. The Labute approximate surface area is 228 Å². The summed E-state index contributed by atoms with van der Waals surface area (Å²) in [5.41, 5.74) is 14.2. The number of nitrogens with one attached hydrogen (secondary N) is 2. The molecule has 5 rings (SSSR count). The van der Waals surface area contributed by atoms with Crippen molar-refractivity contribution in [3.8, 4) is 11.1 Å². The zero-order valence-corrected chi connectivity index (χ0v) is 22.9. The van der Waals surface area contributed by atoms with Gasteiger partial charge in [0.2, 0.25) is 5.91 Å². The van der Waals surface area contributed by atoms with Crippen molar-refractivity contribution in [3.63, 3.8) is 0 Å². The van der Waals surface area contributed by atoms with Crippen LogP contribution in [0.1, 0.15) is 63.0 Å². The van der Waals surface area contributed by atoms with Crippen LogP contribution in [0, 0.1) is 11.2 Å². The molecule has 1 aromatic heterocycles. The lowest BCUT2D eigenvalue weighted by atomic mass is 9.94. The molecule has 0 unspecified atom stereocenters. The summed E-state index contributed by atoms with van der Waals surface area (Å²) >= 11 is 0. The molecule has 1 atom stereocenters. The first kappa shape index (κ1) is 26.2. The normalized spacial score (nSPS) is 15.8. The van der Waals surface area contributed by atoms with E-state index in [2.05, 4.69) is 35.4 Å². The molecule has 198 valence electrons. The number of carbonyl (C=O) groups is 1. The number of aromatic nitrogens is 1. The molecule has 6 heteroatoms. The number of benzene rings is 3. The van der Waals surface area contributed by atoms with Crippen molar-refractivity contribution in [1.29, 1.82) is 0 Å². The van der Waals surface area contributed by atoms with Gasteiger partial charge in [0.05, 0.1) is 17.4 Å². The number of fused-ring (bicyclic) bond motifs is 2. The molecule has 0 aliphatic carbocycles. The minimum absolute atomic E-state index is 0.00448. The fourth-order valence-electron chi connectivity index (χ4n) is 4.91. The van der Waals surface area contributed by atoms with Crippen LogP contribution in [0.15, 0.2) is 89.7 Å². The minimum Gasteiger partial charge on any atom is -0.404 e. The van der Waals surface area contributed by atoms with E-state index in [-0.39, 0.29) is 17.8 Å². The van der Waals surface area contributed by atoms with E-state index in [1.54, 1.807) is 18.3 Å². The maximum Gasteiger partial charge on any atom is 0.229 e. The van der Waals surface area contributed by atoms with E-state index in [9.17, 15) is 9.18 Å². The first-order valence-electron chi connectivity index (χ1n) is 13.1. The van der Waals surface area contributed by atoms with Crippen LogP contribution in [0.5, 0.6) is 0 Å². The molecule has 2 heterocycles. The van der Waals surface area contributed by atoms with Gasteiger partial charge in [-0.15, -0.1) is 0 Å². The van der Waals surface area contributed by atoms with Gasteiger partial charge in [-0.1, -0.05) is 63.2 Å². The number of aromatic amines is 1. The molecule has 4 N–H and O–H groups in total. The number of aliphatic imine (C=N–C) groups is 1. The van der Waals surface area contributed by atoms with Gasteiger partial charge in [0, 0.05) is 39.3 Å². The lowest BCUT2D eigenvalue weighted by Gasteiger charge is -2.18. The number of nitrogens with two attached hydrogens (primary N) is 1. The Hall–Kier alpha value is -4.45. The highest BCUT2D eigenvalue weighted by molar-refractivity contribution is 6.17. The summed E-state index contributed by atoms with van der Waals surface area (Å²) in [4.78, 5) is 20.9. The molecule has 1 amide bonds. The van der Waals surface area contributed by atoms with E-state index in [0.717, 1.165) is 50.1 Å². The summed E-state index contributed by atoms with van der Waals surface area (Å²) in [6, 6.07) is 20.9. The Morgan fingerprint density at radius 1 is 1.03 bits per heavy atom. The summed E-state index contributed by atoms with van der Waals surface area (Å²) in [7, 11) is 0. The Morgan fingerprint density at radius 3 is 2.49 bits per heavy atom. The molecule has 39 heavy (non-hydrogen) atoms. The zero-order chi connectivity index (χ0) is 27.9. The van der Waals surface area contributed by atoms with Crippen LogP contribution in [-0.2, 0) is 4.79 Å². The Bertz CT molecular complexity index is 1680. The van der Waals surface area contributed by atoms with Gasteiger partial charge in [-0.2, -0.15) is 0 Å². The average molecular weight is 521 g/mol. The third-order valence-corrected chi connectivity index (χ3v) is 7.04. The Balaban J connectivity index is 1.53. The largest absolute Gasteiger partial charge is 0.404 e. The lowest BCUT2D eigenvalue weighted by Crippen LogP contribution is -2.33. The highest BCUT2D eigenvalue weighted by Crippen LogP contribution is 2.36. The smallest absolute Gasteiger partial charge is 0.229 e. The standard InChI is InChI=1S/C33H33FN4O/c1-19(36-32(39)33(3,4)5)15-22(18-35)21-13-14-23-20(2)37-31(27(23)16-21)30-17-26-24(10-8-12-29(26)38-30)25-9-6-7-11-28(25)34/h6-18,20,38H,35H2,1-5H3,(H,36,39)/b19-15+,22-18+/t20-/m0/s1. The fourth-order valence-corrected chi connectivity index (χ4v) is 4.91. The summed E-state index contributed by atoms with van der Waals surface area (Å²) in [5, 5.41) is 3.89. The van der Waals surface area contributed by atoms with Gasteiger partial charge in [0.1, 0.15) is 5.82 Å². The SMILES string of the molecule is C/C(=C\C(=C/N)c1ccc2c(c1)C(c1cc3c(-c4ccccc4F)cccc3[nH]1)=N[C@H]2C)NC(=O)C(C)(C)C. The second-order valence-corrected chi connectivity index (χ2v) is 11.0. The van der Waals surface area contributed by atoms with Gasteiger partial charge < -0.3 is 16.0 Å². The predicted octanol–water partition coefficient (Wildman–Crippen LogP) is 7.25. The third-order valence-electron chi connectivity index (χ3n) is 7.04. The summed E-state index contributed by atoms with van der Waals surface area (Å²) in [6.07, 6.45) is 3.43. The monoisotopic (exact) mass is 520 g/mol. The number of allylic oxidation sites excluding steroid dienone is 3. The second kappa shape index (κ2) is 10.0. The predicted molar refractivity (Wildman–Crippen MR) is 158 cm³/mol. The molecule has 0 saturated carbocycles. The van der Waals surface area contributed by atoms with E-state index in [1.807, 2.05) is 64.1 Å². The lowest BCUT2D eigenvalue weighted by molar-refractivity contribution is -0.127. The van der Waals surface area contributed by atoms with Crippen LogP contribution in [0.4, 0.5) is 4.39 Å². The van der Waals surface area contributed by atoms with Gasteiger partial charge in [-0.05, 0) is 66.5 Å². The molecule has 1 aliphatic rings. The van der Waals surface area contributed by atoms with E-state index >= 15 is 0 Å². The molecule has 0 spiro atoms. The van der Waals surface area contributed by atoms with E-state index in [1.165, 1.54) is 6.07 Å². The number of halogens is 1. The van der Waals surface area contributed by atoms with Crippen molar-refractivity contribution in [1.82, 2.24) is 10.3 Å². The van der Waals surface area contributed by atoms with Crippen molar-refractivity contribution in [2.75, 3.05) is 0 Å². The topological polar surface area (TPSA) is 83.3 Å². The number of carbonyl (C=O) groups excluding carboxylic acids is 1. The molecule has 0 bridgehead atoms. The second-order valence-electron chi connectivity index (χ2n) is 11.0. The molecule has 0 radical (unpaired) electrons. The number of H-pyrrole nitrogens is 1. The molecule has 4 aromatic rings. The van der Waals surface area contributed by atoms with Crippen LogP contribution in [0.3, 0.4) is 0 Å². The van der Waals surface area contributed by atoms with E-state index < -0.39 is 5.41 Å². The van der Waals surface area contributed by atoms with Crippen molar-refractivity contribution < 1.29 is 9.18 Å². The highest BCUT2D eigenvalue weighted by Gasteiger charge is 2.26. The number of amides is 1. The Morgan fingerprint density at radius 2 is 1.77 bits per heavy atom. The van der Waals surface area contributed by atoms with Gasteiger partial charge >= 0.3 is 0 Å². The van der Waals surface area contributed by atoms with Gasteiger partial charge in [0.25, 0.3) is 0 Å². The van der Waals surface area contributed by atoms with Crippen LogP contribution in [-0.4, -0.2) is 16.6 Å². The van der Waals surface area contributed by atoms with Crippen LogP contribution < -0.4 is 11.1 Å². The quantitative estimate of drug-likeness (QED) is 0.242. The first-order valence-corrected chi connectivity index (χ1v) is 13.1. The molecular formula is C33H33FN4O. The maximum atomic E-state index is 14.7. The van der Waals surface area contributed by atoms with E-state index in [0.29, 0.717) is 11.3 Å². The highest BCUT2D eigenvalue weighted by atomic mass is 19.1. The van der Waals surface area contributed by atoms with Gasteiger partial charge in [-0.3, -0.25) is 9.79 Å². The van der Waals surface area contributed by atoms with Crippen molar-refractivity contribution >= 4 is 28.1 Å². The fraction of sp³-hybridized carbons (Fsp3) is 0.212. The first-order chi connectivity index (χ1) is 18.6. The van der Waals surface area contributed by atoms with Gasteiger partial charge in [0.15, 0.2) is 0 Å². The van der Waals surface area contributed by atoms with Gasteiger partial charge in [-0.25, -0.2) is 4.39 Å². The average Bonchev–Trinajstić information content (AvgIpc) is 3.47. The van der Waals surface area contributed by atoms with Crippen LogP contribution >= 0.6 is 0 Å². The molecule has 0 fully saturated rings. The van der Waals surface area contributed by atoms with Crippen LogP contribution in [0.25, 0.3) is 27.6 Å². The number of rotatable bonds is 5. The Kier molecular flexibility index (Phi) is 6.73. The molecule has 5 nitrogen and oxygen atoms in total. The van der Waals surface area contributed by atoms with Crippen molar-refractivity contribution in [2.24, 2.45) is 16.1 Å². The number of hydrogen-bond acceptors (Lipinski definition) is 3. The summed E-state index contributed by atoms with van der Waals surface area (Å²) in [5.74, 6) is -0.309. The van der Waals surface area contributed by atoms with E-state index in [4.69, 9.17) is 10.7 Å². The number of nitrogens with zero attached hydrogens (tertiary/aromatic N) is 1. The molecule has 1 aliphatic heterocycles. The van der Waals surface area contributed by atoms with Crippen molar-refractivity contribution in [2.45, 2.75) is 40.7 Å². The summed E-state index contributed by atoms with van der Waals surface area (Å²) in [6.45, 7) is 9.56. The number of hydrogen-bond donors (Lipinski definition) is 3. The minimum atomic E-state index is -0.498. The molecular weight excluding hydrogens is 487 g/mol. The maximum absolute atomic E-state index is 14.7. The molecule has 0 saturated heterocycles. The van der Waals surface area contributed by atoms with Crippen LogP contribution in [0.2, 0.25) is 0 Å². The zero-order valence-electron chi connectivity index (χ0n) is 22.9. The summed E-state index contributed by atoms with van der Waals surface area (Å²) < 4.78 is 14.7. The molecule has 3 aromatic carbocycles.